The van der Waals surface area contributed by atoms with Gasteiger partial charge in [0, 0.05) is 37.8 Å². The lowest BCUT2D eigenvalue weighted by Crippen LogP contribution is -2.63. The van der Waals surface area contributed by atoms with E-state index in [9.17, 15) is 48.6 Å². The topological polar surface area (TPSA) is 358 Å². The number of aromatic nitrogens is 2. The molecule has 1 fully saturated rings. The second-order valence-corrected chi connectivity index (χ2v) is 18.2. The van der Waals surface area contributed by atoms with Gasteiger partial charge in [-0.05, 0) is 74.6 Å². The van der Waals surface area contributed by atoms with E-state index >= 15 is 0 Å². The summed E-state index contributed by atoms with van der Waals surface area (Å²) in [4.78, 5) is 122. The van der Waals surface area contributed by atoms with E-state index in [1.165, 1.54) is 29.6 Å². The van der Waals surface area contributed by atoms with Crippen LogP contribution >= 0.6 is 0 Å². The van der Waals surface area contributed by atoms with E-state index in [0.717, 1.165) is 0 Å². The molecule has 7 amide bonds. The van der Waals surface area contributed by atoms with Crippen molar-refractivity contribution in [2.75, 3.05) is 26.7 Å². The Labute approximate surface area is 409 Å². The molecule has 23 nitrogen and oxygen atoms in total. The number of phenols is 1. The van der Waals surface area contributed by atoms with E-state index in [0.29, 0.717) is 43.4 Å². The molecule has 3 rings (SSSR count). The average molecular weight is 982 g/mol. The molecule has 1 aliphatic heterocycles. The number of aromatic amines is 1. The number of hydrogen-bond donors (Lipinski definition) is 12. The predicted octanol–water partition coefficient (Wildman–Crippen LogP) is -0.704. The van der Waals surface area contributed by atoms with Crippen molar-refractivity contribution in [1.29, 1.82) is 0 Å². The molecule has 1 aromatic heterocycles. The molecule has 9 atom stereocenters. The maximum atomic E-state index is 14.6. The second kappa shape index (κ2) is 28.6. The Morgan fingerprint density at radius 2 is 1.40 bits per heavy atom. The van der Waals surface area contributed by atoms with Crippen LogP contribution in [-0.2, 0) is 51.2 Å². The number of nitrogens with one attached hydrogen (secondary N) is 8. The van der Waals surface area contributed by atoms with Gasteiger partial charge in [-0.3, -0.25) is 38.6 Å². The number of aromatic hydroxyl groups is 1. The minimum atomic E-state index is -1.35. The molecule has 1 saturated heterocycles. The number of benzene rings is 1. The number of aliphatic carboxylic acids is 1. The Balaban J connectivity index is 1.94. The van der Waals surface area contributed by atoms with Gasteiger partial charge < -0.3 is 68.8 Å². The monoisotopic (exact) mass is 982 g/mol. The Bertz CT molecular complexity index is 2080. The highest BCUT2D eigenvalue weighted by molar-refractivity contribution is 5.98. The molecule has 2 unspecified atom stereocenters. The number of likely N-dealkylation sites (N-methyl/N-ethyl adjacent to an activating group) is 1. The van der Waals surface area contributed by atoms with Crippen molar-refractivity contribution in [2.45, 2.75) is 142 Å². The molecule has 1 aromatic carbocycles. The number of imidazole rings is 1. The lowest BCUT2D eigenvalue weighted by Gasteiger charge is -2.38. The number of carbonyl (C=O) groups excluding carboxylic acids is 7. The van der Waals surface area contributed by atoms with Crippen molar-refractivity contribution in [3.8, 4) is 5.75 Å². The summed E-state index contributed by atoms with van der Waals surface area (Å²) in [5.74, 6) is -7.38. The smallest absolute Gasteiger partial charge is 0.326 e. The molecular weight excluding hydrogens is 907 g/mol. The number of phenolic OH excluding ortho intramolecular Hbond substituents is 1. The number of carbonyl (C=O) groups is 8. The van der Waals surface area contributed by atoms with E-state index in [2.05, 4.69) is 52.2 Å². The number of amides is 7. The van der Waals surface area contributed by atoms with Crippen molar-refractivity contribution in [1.82, 2.24) is 52.1 Å². The average Bonchev–Trinajstić information content (AvgIpc) is 3.84. The fourth-order valence-corrected chi connectivity index (χ4v) is 7.94. The first kappa shape index (κ1) is 57.5. The number of likely N-dealkylation sites (tertiary alicyclic amines) is 1. The van der Waals surface area contributed by atoms with Crippen molar-refractivity contribution < 1.29 is 48.6 Å². The van der Waals surface area contributed by atoms with Gasteiger partial charge in [-0.15, -0.1) is 0 Å². The Morgan fingerprint density at radius 3 is 1.99 bits per heavy atom. The number of hydrogen-bond acceptors (Lipinski definition) is 12. The Hall–Kier alpha value is -6.78. The number of H-pyrrole nitrogens is 1. The summed E-state index contributed by atoms with van der Waals surface area (Å²) in [6, 6.07) is -2.39. The summed E-state index contributed by atoms with van der Waals surface area (Å²) >= 11 is 0. The van der Waals surface area contributed by atoms with Crippen molar-refractivity contribution in [3.63, 3.8) is 0 Å². The van der Waals surface area contributed by atoms with Crippen molar-refractivity contribution >= 4 is 53.3 Å². The van der Waals surface area contributed by atoms with E-state index in [-0.39, 0.29) is 62.9 Å². The van der Waals surface area contributed by atoms with Gasteiger partial charge in [-0.2, -0.15) is 0 Å². The molecule has 0 spiro atoms. The largest absolute Gasteiger partial charge is 0.508 e. The van der Waals surface area contributed by atoms with E-state index in [1.807, 2.05) is 13.8 Å². The highest BCUT2D eigenvalue weighted by atomic mass is 16.4. The number of carboxylic acids is 1. The van der Waals surface area contributed by atoms with Crippen LogP contribution in [0.15, 0.2) is 41.8 Å². The minimum absolute atomic E-state index is 0.0363. The fourth-order valence-electron chi connectivity index (χ4n) is 7.94. The number of nitrogens with zero attached hydrogens (tertiary/aromatic N) is 3. The van der Waals surface area contributed by atoms with Gasteiger partial charge >= 0.3 is 5.97 Å². The number of nitrogens with two attached hydrogens (primary N) is 2. The summed E-state index contributed by atoms with van der Waals surface area (Å²) in [7, 11) is 1.57. The molecule has 70 heavy (non-hydrogen) atoms. The summed E-state index contributed by atoms with van der Waals surface area (Å²) in [6.07, 6.45) is 5.47. The molecule has 0 radical (unpaired) electrons. The third kappa shape index (κ3) is 17.9. The first-order valence-electron chi connectivity index (χ1n) is 24.0. The van der Waals surface area contributed by atoms with Crippen LogP contribution in [0.5, 0.6) is 5.75 Å². The van der Waals surface area contributed by atoms with Gasteiger partial charge in [0.1, 0.15) is 48.0 Å². The zero-order valence-electron chi connectivity index (χ0n) is 41.4. The molecular formula is C47H75N13O10. The maximum absolute atomic E-state index is 14.6. The second-order valence-electron chi connectivity index (χ2n) is 18.2. The normalized spacial score (nSPS) is 17.0. The predicted molar refractivity (Wildman–Crippen MR) is 260 cm³/mol. The number of carboxylic acid groups (broad SMARTS) is 1. The van der Waals surface area contributed by atoms with Gasteiger partial charge in [0.05, 0.1) is 12.9 Å². The van der Waals surface area contributed by atoms with Crippen molar-refractivity contribution in [3.05, 3.63) is 48.0 Å². The zero-order chi connectivity index (χ0) is 52.1. The highest BCUT2D eigenvalue weighted by Gasteiger charge is 2.40. The highest BCUT2D eigenvalue weighted by Crippen LogP contribution is 2.21. The fraction of sp³-hybridized carbons (Fsp3) is 0.617. The number of aliphatic imine (C=N–C) groups is 1. The van der Waals surface area contributed by atoms with Crippen LogP contribution in [0.25, 0.3) is 0 Å². The van der Waals surface area contributed by atoms with Crippen LogP contribution in [0.2, 0.25) is 0 Å². The van der Waals surface area contributed by atoms with E-state index in [1.54, 1.807) is 46.9 Å². The van der Waals surface area contributed by atoms with E-state index < -0.39 is 101 Å². The molecule has 0 bridgehead atoms. The minimum Gasteiger partial charge on any atom is -0.508 e. The van der Waals surface area contributed by atoms with Gasteiger partial charge in [0.15, 0.2) is 5.96 Å². The van der Waals surface area contributed by atoms with Gasteiger partial charge in [0.25, 0.3) is 0 Å². The summed E-state index contributed by atoms with van der Waals surface area (Å²) < 4.78 is 0. The van der Waals surface area contributed by atoms with Gasteiger partial charge in [-0.25, -0.2) is 9.78 Å². The van der Waals surface area contributed by atoms with Crippen LogP contribution in [0.4, 0.5) is 0 Å². The van der Waals surface area contributed by atoms with Crippen LogP contribution < -0.4 is 48.7 Å². The summed E-state index contributed by atoms with van der Waals surface area (Å²) in [6.45, 7) is 10.7. The summed E-state index contributed by atoms with van der Waals surface area (Å²) in [5, 5.41) is 39.0. The Kier molecular flexibility index (Phi) is 23.5. The molecule has 0 saturated carbocycles. The lowest BCUT2D eigenvalue weighted by atomic mass is 9.95. The molecule has 388 valence electrons. The van der Waals surface area contributed by atoms with Crippen LogP contribution in [-0.4, -0.2) is 147 Å². The number of guanidine groups is 1. The molecule has 2 aromatic rings. The summed E-state index contributed by atoms with van der Waals surface area (Å²) in [5.41, 5.74) is 11.9. The Morgan fingerprint density at radius 1 is 0.786 bits per heavy atom. The quantitative estimate of drug-likeness (QED) is 0.0285. The van der Waals surface area contributed by atoms with Crippen LogP contribution in [0, 0.1) is 17.8 Å². The molecule has 1 aliphatic rings. The molecule has 14 N–H and O–H groups in total. The standard InChI is InChI=1S/C47H75N13O10/c1-8-27(5)38(44(67)56-34(22-30-23-51-25-53-30)45(68)60-20-11-10-14-35(60)42(65)59-39(46(69)70)28(6)9-2)58-41(64)33(21-29-15-17-31(61)18-16-29)55-43(66)37(26(3)4)57-40(63)32(54-36(62)24-50-7)13-12-19-52-47(48)49/h15-18,23,25-28,32-35,37-39,50,61H,8-14,19-22,24H2,1-7H3,(H,51,53)(H,54,62)(H,55,66)(H,56,67)(H,57,63)(H,58,64)(H,59,65)(H,69,70)(H4,48,49,52)/t27?,28?,32-,33-,34-,35-,37-,38-,39-/m0/s1. The zero-order valence-corrected chi connectivity index (χ0v) is 41.4. The van der Waals surface area contributed by atoms with Crippen LogP contribution in [0.1, 0.15) is 97.7 Å². The first-order chi connectivity index (χ1) is 33.2. The van der Waals surface area contributed by atoms with E-state index in [4.69, 9.17) is 11.5 Å². The third-order valence-corrected chi connectivity index (χ3v) is 12.4. The maximum Gasteiger partial charge on any atom is 0.326 e. The van der Waals surface area contributed by atoms with Gasteiger partial charge in [-0.1, -0.05) is 66.5 Å². The third-order valence-electron chi connectivity index (χ3n) is 12.4. The molecule has 23 heteroatoms. The SMILES string of the molecule is CCC(C)[C@H](NC(=O)[C@@H]1CCCCN1C(=O)[C@H](Cc1cnc[nH]1)NC(=O)[C@@H](NC(=O)[C@H](Cc1ccc(O)cc1)NC(=O)[C@@H](NC(=O)[C@H](CCCN=C(N)N)NC(=O)CNC)C(C)C)C(C)CC)C(=O)O. The number of rotatable bonds is 28. The number of piperidine rings is 1. The van der Waals surface area contributed by atoms with Gasteiger partial charge in [0.2, 0.25) is 41.4 Å². The first-order valence-corrected chi connectivity index (χ1v) is 24.0. The lowest BCUT2D eigenvalue weighted by molar-refractivity contribution is -0.148. The molecule has 2 heterocycles. The van der Waals surface area contributed by atoms with Crippen molar-refractivity contribution in [2.24, 2.45) is 34.2 Å². The van der Waals surface area contributed by atoms with Crippen LogP contribution in [0.3, 0.4) is 0 Å². The molecule has 0 aliphatic carbocycles.